The van der Waals surface area contributed by atoms with Crippen molar-refractivity contribution in [1.82, 2.24) is 4.98 Å². The summed E-state index contributed by atoms with van der Waals surface area (Å²) >= 11 is 4.46. The maximum Gasteiger partial charge on any atom is 0.138 e. The molecule has 4 heteroatoms. The summed E-state index contributed by atoms with van der Waals surface area (Å²) in [6.07, 6.45) is 1.74. The molecule has 2 aromatic rings. The van der Waals surface area contributed by atoms with E-state index in [0.29, 0.717) is 6.61 Å². The number of halogens is 2. The predicted molar refractivity (Wildman–Crippen MR) is 80.4 cm³/mol. The van der Waals surface area contributed by atoms with Gasteiger partial charge >= 0.3 is 0 Å². The first kappa shape index (κ1) is 12.1. The van der Waals surface area contributed by atoms with Gasteiger partial charge in [0.15, 0.2) is 0 Å². The van der Waals surface area contributed by atoms with Crippen LogP contribution < -0.4 is 4.74 Å². The number of aromatic nitrogens is 1. The molecule has 0 saturated carbocycles. The van der Waals surface area contributed by atoms with E-state index in [1.807, 2.05) is 12.1 Å². The number of nitrogens with zero attached hydrogens (tertiary/aromatic N) is 1. The molecule has 0 N–H and O–H groups in total. The lowest BCUT2D eigenvalue weighted by molar-refractivity contribution is 0.305. The van der Waals surface area contributed by atoms with Crippen molar-refractivity contribution < 1.29 is 4.74 Å². The van der Waals surface area contributed by atoms with E-state index in [1.165, 1.54) is 9.13 Å². The van der Waals surface area contributed by atoms with Crippen LogP contribution in [0.1, 0.15) is 5.56 Å². The Bertz CT molecular complexity index is 408. The van der Waals surface area contributed by atoms with Crippen LogP contribution in [0.25, 0.3) is 0 Å². The van der Waals surface area contributed by atoms with Gasteiger partial charge in [-0.1, -0.05) is 12.1 Å². The maximum atomic E-state index is 5.62. The summed E-state index contributed by atoms with van der Waals surface area (Å²) in [5.74, 6) is 0.805. The molecule has 2 rings (SSSR count). The number of ether oxygens (including phenoxy) is 1. The molecule has 0 aliphatic heterocycles. The predicted octanol–water partition coefficient (Wildman–Crippen LogP) is 3.87. The van der Waals surface area contributed by atoms with Gasteiger partial charge < -0.3 is 4.74 Å². The van der Waals surface area contributed by atoms with Crippen LogP contribution in [0.4, 0.5) is 0 Å². The van der Waals surface area contributed by atoms with Gasteiger partial charge in [0, 0.05) is 3.57 Å². The lowest BCUT2D eigenvalue weighted by Gasteiger charge is -2.05. The van der Waals surface area contributed by atoms with Crippen molar-refractivity contribution >= 4 is 45.2 Å². The molecule has 16 heavy (non-hydrogen) atoms. The Kier molecular flexibility index (Phi) is 4.39. The second-order valence-corrected chi connectivity index (χ2v) is 5.58. The Morgan fingerprint density at radius 2 is 1.75 bits per heavy atom. The molecule has 0 spiro atoms. The molecule has 0 radical (unpaired) electrons. The molecule has 0 aliphatic rings. The highest BCUT2D eigenvalue weighted by Gasteiger charge is 1.96. The van der Waals surface area contributed by atoms with Crippen molar-refractivity contribution in [3.63, 3.8) is 0 Å². The van der Waals surface area contributed by atoms with E-state index in [2.05, 4.69) is 74.4 Å². The van der Waals surface area contributed by atoms with E-state index < -0.39 is 0 Å². The minimum absolute atomic E-state index is 0.583. The lowest BCUT2D eigenvalue weighted by Crippen LogP contribution is -1.95. The number of hydrogen-bond donors (Lipinski definition) is 0. The van der Waals surface area contributed by atoms with E-state index in [9.17, 15) is 0 Å². The first-order valence-electron chi connectivity index (χ1n) is 4.73. The van der Waals surface area contributed by atoms with Crippen molar-refractivity contribution in [1.29, 1.82) is 0 Å². The second kappa shape index (κ2) is 5.81. The van der Waals surface area contributed by atoms with Crippen LogP contribution in [0.2, 0.25) is 0 Å². The van der Waals surface area contributed by atoms with Gasteiger partial charge in [0.05, 0.1) is 6.20 Å². The van der Waals surface area contributed by atoms with Crippen molar-refractivity contribution in [3.8, 4) is 5.75 Å². The number of pyridine rings is 1. The molecule has 82 valence electrons. The van der Waals surface area contributed by atoms with E-state index in [4.69, 9.17) is 4.74 Å². The van der Waals surface area contributed by atoms with E-state index in [1.54, 1.807) is 6.20 Å². The Labute approximate surface area is 122 Å². The summed E-state index contributed by atoms with van der Waals surface area (Å²) in [4.78, 5) is 4.17. The van der Waals surface area contributed by atoms with Crippen LogP contribution in [0.15, 0.2) is 42.6 Å². The molecule has 0 aliphatic carbocycles. The van der Waals surface area contributed by atoms with Crippen LogP contribution in [-0.4, -0.2) is 4.98 Å². The van der Waals surface area contributed by atoms with Crippen molar-refractivity contribution in [2.45, 2.75) is 6.61 Å². The molecule has 2 nitrogen and oxygen atoms in total. The smallest absolute Gasteiger partial charge is 0.138 e. The Hall–Kier alpha value is -0.370. The summed E-state index contributed by atoms with van der Waals surface area (Å²) < 4.78 is 7.82. The van der Waals surface area contributed by atoms with Gasteiger partial charge in [-0.2, -0.15) is 0 Å². The third-order valence-electron chi connectivity index (χ3n) is 2.02. The minimum atomic E-state index is 0.583. The monoisotopic (exact) mass is 437 g/mol. The van der Waals surface area contributed by atoms with E-state index in [-0.39, 0.29) is 0 Å². The Morgan fingerprint density at radius 1 is 1.00 bits per heavy atom. The fraction of sp³-hybridized carbons (Fsp3) is 0.0833. The van der Waals surface area contributed by atoms with Crippen LogP contribution in [-0.2, 0) is 6.61 Å². The first-order chi connectivity index (χ1) is 7.74. The standard InChI is InChI=1S/C12H9I2NO/c13-10-3-1-9(2-4-10)8-16-11-5-6-12(14)15-7-11/h1-7H,8H2. The lowest BCUT2D eigenvalue weighted by atomic mass is 10.2. The normalized spacial score (nSPS) is 10.1. The summed E-state index contributed by atoms with van der Waals surface area (Å²) in [7, 11) is 0. The van der Waals surface area contributed by atoms with Crippen molar-refractivity contribution in [2.75, 3.05) is 0 Å². The Morgan fingerprint density at radius 3 is 2.38 bits per heavy atom. The van der Waals surface area contributed by atoms with Gasteiger partial charge in [0.1, 0.15) is 16.1 Å². The third kappa shape index (κ3) is 3.58. The molecule has 0 unspecified atom stereocenters. The van der Waals surface area contributed by atoms with Gasteiger partial charge in [-0.05, 0) is 75.0 Å². The highest BCUT2D eigenvalue weighted by molar-refractivity contribution is 14.1. The van der Waals surface area contributed by atoms with Crippen LogP contribution >= 0.6 is 45.2 Å². The zero-order valence-corrected chi connectivity index (χ0v) is 12.7. The SMILES string of the molecule is Ic1ccc(COc2ccc(I)nc2)cc1. The summed E-state index contributed by atoms with van der Waals surface area (Å²) in [6.45, 7) is 0.583. The average molecular weight is 437 g/mol. The molecule has 0 atom stereocenters. The molecule has 1 aromatic heterocycles. The molecule has 0 fully saturated rings. The highest BCUT2D eigenvalue weighted by atomic mass is 127. The van der Waals surface area contributed by atoms with Gasteiger partial charge in [0.25, 0.3) is 0 Å². The van der Waals surface area contributed by atoms with E-state index in [0.717, 1.165) is 9.45 Å². The number of rotatable bonds is 3. The maximum absolute atomic E-state index is 5.62. The van der Waals surface area contributed by atoms with Crippen LogP contribution in [0.5, 0.6) is 5.75 Å². The second-order valence-electron chi connectivity index (χ2n) is 3.23. The quantitative estimate of drug-likeness (QED) is 0.538. The Balaban J connectivity index is 1.97. The molecule has 0 saturated heterocycles. The molecular weight excluding hydrogens is 428 g/mol. The topological polar surface area (TPSA) is 22.1 Å². The number of benzene rings is 1. The zero-order valence-electron chi connectivity index (χ0n) is 8.36. The summed E-state index contributed by atoms with van der Waals surface area (Å²) in [5, 5.41) is 0. The summed E-state index contributed by atoms with van der Waals surface area (Å²) in [5.41, 5.74) is 1.17. The molecule has 1 aromatic carbocycles. The molecular formula is C12H9I2NO. The highest BCUT2D eigenvalue weighted by Crippen LogP contribution is 2.13. The van der Waals surface area contributed by atoms with Gasteiger partial charge in [-0.15, -0.1) is 0 Å². The zero-order chi connectivity index (χ0) is 11.4. The largest absolute Gasteiger partial charge is 0.487 e. The molecule has 1 heterocycles. The fourth-order valence-corrected chi connectivity index (χ4v) is 1.87. The molecule has 0 bridgehead atoms. The third-order valence-corrected chi connectivity index (χ3v) is 3.38. The number of hydrogen-bond acceptors (Lipinski definition) is 2. The van der Waals surface area contributed by atoms with Crippen LogP contribution in [0, 0.1) is 7.27 Å². The first-order valence-corrected chi connectivity index (χ1v) is 6.88. The summed E-state index contributed by atoms with van der Waals surface area (Å²) in [6, 6.07) is 12.2. The fourth-order valence-electron chi connectivity index (χ4n) is 1.19. The molecule has 0 amide bonds. The van der Waals surface area contributed by atoms with Crippen molar-refractivity contribution in [3.05, 3.63) is 55.4 Å². The van der Waals surface area contributed by atoms with Gasteiger partial charge in [-0.25, -0.2) is 4.98 Å². The van der Waals surface area contributed by atoms with Gasteiger partial charge in [0.2, 0.25) is 0 Å². The average Bonchev–Trinajstić information content (AvgIpc) is 2.30. The van der Waals surface area contributed by atoms with Gasteiger partial charge in [-0.3, -0.25) is 0 Å². The van der Waals surface area contributed by atoms with E-state index >= 15 is 0 Å². The minimum Gasteiger partial charge on any atom is -0.487 e. The van der Waals surface area contributed by atoms with Crippen LogP contribution in [0.3, 0.4) is 0 Å². The van der Waals surface area contributed by atoms with Crippen molar-refractivity contribution in [2.24, 2.45) is 0 Å².